The van der Waals surface area contributed by atoms with Crippen molar-refractivity contribution < 1.29 is 24.4 Å². The first-order valence-electron chi connectivity index (χ1n) is 11.1. The zero-order valence-corrected chi connectivity index (χ0v) is 18.6. The highest BCUT2D eigenvalue weighted by Crippen LogP contribution is 2.34. The highest BCUT2D eigenvalue weighted by molar-refractivity contribution is 6.31. The minimum Gasteiger partial charge on any atom is -0.491 e. The Morgan fingerprint density at radius 2 is 1.90 bits per heavy atom. The number of hydrogen-bond donors (Lipinski definition) is 2. The van der Waals surface area contributed by atoms with Gasteiger partial charge in [-0.1, -0.05) is 35.9 Å². The lowest BCUT2D eigenvalue weighted by Gasteiger charge is -2.32. The molecule has 0 spiro atoms. The molecule has 1 saturated carbocycles. The summed E-state index contributed by atoms with van der Waals surface area (Å²) in [7, 11) is 0. The molecule has 31 heavy (non-hydrogen) atoms. The van der Waals surface area contributed by atoms with Crippen LogP contribution in [0.15, 0.2) is 42.5 Å². The highest BCUT2D eigenvalue weighted by Gasteiger charge is 2.29. The van der Waals surface area contributed by atoms with Crippen LogP contribution in [0.4, 0.5) is 0 Å². The normalized spacial score (nSPS) is 24.7. The first-order chi connectivity index (χ1) is 15.0. The Morgan fingerprint density at radius 3 is 2.61 bits per heavy atom. The van der Waals surface area contributed by atoms with Gasteiger partial charge < -0.3 is 24.4 Å². The first kappa shape index (κ1) is 22.6. The molecule has 2 aromatic rings. The van der Waals surface area contributed by atoms with E-state index in [1.807, 2.05) is 49.4 Å². The van der Waals surface area contributed by atoms with Crippen LogP contribution in [0.25, 0.3) is 0 Å². The summed E-state index contributed by atoms with van der Waals surface area (Å²) in [4.78, 5) is 0. The zero-order valence-electron chi connectivity index (χ0n) is 17.9. The molecule has 1 heterocycles. The molecule has 0 amide bonds. The van der Waals surface area contributed by atoms with Crippen molar-refractivity contribution in [3.63, 3.8) is 0 Å². The van der Waals surface area contributed by atoms with Gasteiger partial charge in [0.25, 0.3) is 0 Å². The van der Waals surface area contributed by atoms with Crippen LogP contribution in [0.2, 0.25) is 5.02 Å². The van der Waals surface area contributed by atoms with Crippen molar-refractivity contribution in [3.05, 3.63) is 64.2 Å². The number of aliphatic hydroxyl groups excluding tert-OH is 2. The maximum Gasteiger partial charge on any atom is 0.119 e. The van der Waals surface area contributed by atoms with E-state index >= 15 is 0 Å². The van der Waals surface area contributed by atoms with Crippen LogP contribution in [0.5, 0.6) is 5.75 Å². The van der Waals surface area contributed by atoms with Gasteiger partial charge in [-0.15, -0.1) is 0 Å². The van der Waals surface area contributed by atoms with Crippen molar-refractivity contribution in [1.82, 2.24) is 0 Å². The smallest absolute Gasteiger partial charge is 0.119 e. The third kappa shape index (κ3) is 6.43. The van der Waals surface area contributed by atoms with Gasteiger partial charge in [-0.05, 0) is 61.1 Å². The predicted octanol–water partition coefficient (Wildman–Crippen LogP) is 4.45. The number of hydrogen-bond acceptors (Lipinski definition) is 5. The minimum absolute atomic E-state index is 0.0894. The maximum atomic E-state index is 10.1. The fourth-order valence-corrected chi connectivity index (χ4v) is 4.15. The van der Waals surface area contributed by atoms with E-state index in [9.17, 15) is 10.2 Å². The molecular weight excluding hydrogens is 416 g/mol. The molecule has 2 N–H and O–H groups in total. The van der Waals surface area contributed by atoms with Gasteiger partial charge in [-0.3, -0.25) is 0 Å². The summed E-state index contributed by atoms with van der Waals surface area (Å²) in [6, 6.07) is 13.9. The lowest BCUT2D eigenvalue weighted by molar-refractivity contribution is -0.113. The van der Waals surface area contributed by atoms with E-state index in [1.165, 1.54) is 0 Å². The molecule has 2 fully saturated rings. The van der Waals surface area contributed by atoms with Crippen LogP contribution in [0, 0.1) is 0 Å². The molecule has 2 aliphatic rings. The molecule has 5 nitrogen and oxygen atoms in total. The van der Waals surface area contributed by atoms with Gasteiger partial charge in [0, 0.05) is 17.9 Å². The minimum atomic E-state index is -0.472. The molecule has 2 aromatic carbocycles. The van der Waals surface area contributed by atoms with Crippen LogP contribution in [0.3, 0.4) is 0 Å². The highest BCUT2D eigenvalue weighted by atomic mass is 35.5. The number of aliphatic hydroxyl groups is 2. The van der Waals surface area contributed by atoms with Gasteiger partial charge in [-0.25, -0.2) is 0 Å². The molecule has 4 rings (SSSR count). The fraction of sp³-hybridized carbons (Fsp3) is 0.520. The van der Waals surface area contributed by atoms with Crippen molar-refractivity contribution in [2.45, 2.75) is 69.5 Å². The SMILES string of the molecule is CC(COc1ccc(Cc2cc(C3CC(O)CC(CO)O3)ccc2Cl)cc1)OC1CC1. The van der Waals surface area contributed by atoms with Gasteiger partial charge >= 0.3 is 0 Å². The fourth-order valence-electron chi connectivity index (χ4n) is 3.96. The molecule has 1 saturated heterocycles. The molecule has 6 heteroatoms. The van der Waals surface area contributed by atoms with Crippen LogP contribution in [-0.2, 0) is 15.9 Å². The van der Waals surface area contributed by atoms with Gasteiger partial charge in [0.05, 0.1) is 37.1 Å². The Labute approximate surface area is 188 Å². The number of halogens is 1. The lowest BCUT2D eigenvalue weighted by atomic mass is 9.94. The second-order valence-corrected chi connectivity index (χ2v) is 9.09. The molecular formula is C25H31ClO5. The van der Waals surface area contributed by atoms with Crippen LogP contribution in [-0.4, -0.2) is 47.8 Å². The topological polar surface area (TPSA) is 68.2 Å². The summed E-state index contributed by atoms with van der Waals surface area (Å²) in [6.45, 7) is 2.50. The molecule has 4 unspecified atom stereocenters. The number of ether oxygens (including phenoxy) is 3. The zero-order chi connectivity index (χ0) is 21.8. The summed E-state index contributed by atoms with van der Waals surface area (Å²) in [5, 5.41) is 20.2. The van der Waals surface area contributed by atoms with Gasteiger partial charge in [0.1, 0.15) is 12.4 Å². The molecule has 1 aliphatic carbocycles. The van der Waals surface area contributed by atoms with E-state index in [1.54, 1.807) is 0 Å². The van der Waals surface area contributed by atoms with E-state index < -0.39 is 6.10 Å². The van der Waals surface area contributed by atoms with E-state index in [0.29, 0.717) is 37.0 Å². The summed E-state index contributed by atoms with van der Waals surface area (Å²) in [5.74, 6) is 0.828. The summed E-state index contributed by atoms with van der Waals surface area (Å²) >= 11 is 6.46. The molecule has 0 radical (unpaired) electrons. The average Bonchev–Trinajstić information content (AvgIpc) is 3.58. The van der Waals surface area contributed by atoms with E-state index in [4.69, 9.17) is 25.8 Å². The molecule has 0 aromatic heterocycles. The van der Waals surface area contributed by atoms with Gasteiger partial charge in [0.15, 0.2) is 0 Å². The second kappa shape index (κ2) is 10.3. The van der Waals surface area contributed by atoms with Crippen molar-refractivity contribution >= 4 is 11.6 Å². The van der Waals surface area contributed by atoms with Crippen LogP contribution < -0.4 is 4.74 Å². The third-order valence-corrected chi connectivity index (χ3v) is 6.14. The van der Waals surface area contributed by atoms with Gasteiger partial charge in [0.2, 0.25) is 0 Å². The lowest BCUT2D eigenvalue weighted by Crippen LogP contribution is -2.33. The Bertz CT molecular complexity index is 851. The van der Waals surface area contributed by atoms with Crippen molar-refractivity contribution in [1.29, 1.82) is 0 Å². The monoisotopic (exact) mass is 446 g/mol. The first-order valence-corrected chi connectivity index (χ1v) is 11.5. The Kier molecular flexibility index (Phi) is 7.51. The largest absolute Gasteiger partial charge is 0.491 e. The van der Waals surface area contributed by atoms with Gasteiger partial charge in [-0.2, -0.15) is 0 Å². The number of benzene rings is 2. The third-order valence-electron chi connectivity index (χ3n) is 5.77. The quantitative estimate of drug-likeness (QED) is 0.595. The van der Waals surface area contributed by atoms with E-state index in [2.05, 4.69) is 0 Å². The van der Waals surface area contributed by atoms with E-state index in [-0.39, 0.29) is 24.9 Å². The van der Waals surface area contributed by atoms with E-state index in [0.717, 1.165) is 35.3 Å². The second-order valence-electron chi connectivity index (χ2n) is 8.68. The molecule has 1 aliphatic heterocycles. The predicted molar refractivity (Wildman–Crippen MR) is 120 cm³/mol. The Morgan fingerprint density at radius 1 is 1.13 bits per heavy atom. The maximum absolute atomic E-state index is 10.1. The Balaban J connectivity index is 1.37. The Hall–Kier alpha value is -1.63. The molecule has 0 bridgehead atoms. The summed E-state index contributed by atoms with van der Waals surface area (Å²) in [6.07, 6.45) is 3.48. The molecule has 4 atom stereocenters. The van der Waals surface area contributed by atoms with Crippen molar-refractivity contribution in [3.8, 4) is 5.75 Å². The summed E-state index contributed by atoms with van der Waals surface area (Å²) in [5.41, 5.74) is 3.11. The van der Waals surface area contributed by atoms with Crippen LogP contribution in [0.1, 0.15) is 55.4 Å². The average molecular weight is 447 g/mol. The van der Waals surface area contributed by atoms with Crippen molar-refractivity contribution in [2.75, 3.05) is 13.2 Å². The van der Waals surface area contributed by atoms with Crippen LogP contribution >= 0.6 is 11.6 Å². The summed E-state index contributed by atoms with van der Waals surface area (Å²) < 4.78 is 17.6. The number of rotatable bonds is 9. The van der Waals surface area contributed by atoms with Crippen molar-refractivity contribution in [2.24, 2.45) is 0 Å². The standard InChI is InChI=1S/C25H31ClO5/c1-16(30-22-7-8-22)15-29-21-5-2-17(3-6-21)10-19-11-18(4-9-24(19)26)25-13-20(28)12-23(14-27)31-25/h2-6,9,11,16,20,22-23,25,27-28H,7-8,10,12-15H2,1H3. The molecule has 168 valence electrons.